The lowest BCUT2D eigenvalue weighted by Gasteiger charge is -2.01. The van der Waals surface area contributed by atoms with Crippen molar-refractivity contribution in [2.75, 3.05) is 6.54 Å². The number of carbonyl (C=O) groups is 1. The SMILES string of the molecule is NCC(=O)NCc1cn(-c2ccc([N+](=O)[O-])c(Br)c2)nn1. The van der Waals surface area contributed by atoms with Gasteiger partial charge in [-0.05, 0) is 28.1 Å². The summed E-state index contributed by atoms with van der Waals surface area (Å²) in [6.07, 6.45) is 1.62. The minimum Gasteiger partial charge on any atom is -0.349 e. The summed E-state index contributed by atoms with van der Waals surface area (Å²) < 4.78 is 1.80. The number of rotatable bonds is 5. The monoisotopic (exact) mass is 354 g/mol. The lowest BCUT2D eigenvalue weighted by atomic mass is 10.3. The highest BCUT2D eigenvalue weighted by Gasteiger charge is 2.13. The van der Waals surface area contributed by atoms with Gasteiger partial charge in [-0.2, -0.15) is 0 Å². The van der Waals surface area contributed by atoms with E-state index in [2.05, 4.69) is 31.6 Å². The summed E-state index contributed by atoms with van der Waals surface area (Å²) >= 11 is 3.14. The van der Waals surface area contributed by atoms with Crippen molar-refractivity contribution in [3.05, 3.63) is 44.7 Å². The standard InChI is InChI=1S/C11H11BrN6O3/c12-9-3-8(1-2-10(9)18(20)21)17-6-7(15-16-17)5-14-11(19)4-13/h1-3,6H,4-5,13H2,(H,14,19). The number of hydrogen-bond acceptors (Lipinski definition) is 6. The second-order valence-corrected chi connectivity index (χ2v) is 4.88. The van der Waals surface area contributed by atoms with E-state index in [1.807, 2.05) is 0 Å². The maximum Gasteiger partial charge on any atom is 0.283 e. The van der Waals surface area contributed by atoms with Gasteiger partial charge in [0.05, 0.1) is 34.4 Å². The minimum absolute atomic E-state index is 0.0331. The quantitative estimate of drug-likeness (QED) is 0.594. The first-order chi connectivity index (χ1) is 10.0. The van der Waals surface area contributed by atoms with Crippen LogP contribution in [0.2, 0.25) is 0 Å². The van der Waals surface area contributed by atoms with E-state index in [0.29, 0.717) is 15.9 Å². The number of aromatic nitrogens is 3. The van der Waals surface area contributed by atoms with Crippen molar-refractivity contribution in [1.29, 1.82) is 0 Å². The van der Waals surface area contributed by atoms with Gasteiger partial charge < -0.3 is 11.1 Å². The molecule has 0 saturated carbocycles. The van der Waals surface area contributed by atoms with Crippen LogP contribution in [0.4, 0.5) is 5.69 Å². The molecule has 0 saturated heterocycles. The summed E-state index contributed by atoms with van der Waals surface area (Å²) in [7, 11) is 0. The first-order valence-electron chi connectivity index (χ1n) is 5.83. The number of amides is 1. The van der Waals surface area contributed by atoms with Gasteiger partial charge in [-0.3, -0.25) is 14.9 Å². The zero-order chi connectivity index (χ0) is 15.4. The number of halogens is 1. The molecule has 10 heteroatoms. The third kappa shape index (κ3) is 3.61. The van der Waals surface area contributed by atoms with Gasteiger partial charge in [-0.15, -0.1) is 5.10 Å². The molecule has 0 unspecified atom stereocenters. The van der Waals surface area contributed by atoms with Crippen LogP contribution in [0.1, 0.15) is 5.69 Å². The van der Waals surface area contributed by atoms with Crippen molar-refractivity contribution in [2.24, 2.45) is 5.73 Å². The van der Waals surface area contributed by atoms with Crippen LogP contribution >= 0.6 is 15.9 Å². The highest BCUT2D eigenvalue weighted by molar-refractivity contribution is 9.10. The smallest absolute Gasteiger partial charge is 0.283 e. The Morgan fingerprint density at radius 3 is 2.90 bits per heavy atom. The van der Waals surface area contributed by atoms with Crippen LogP contribution in [-0.2, 0) is 11.3 Å². The van der Waals surface area contributed by atoms with Crippen LogP contribution in [0, 0.1) is 10.1 Å². The fraction of sp³-hybridized carbons (Fsp3) is 0.182. The number of carbonyl (C=O) groups excluding carboxylic acids is 1. The lowest BCUT2D eigenvalue weighted by Crippen LogP contribution is -2.29. The summed E-state index contributed by atoms with van der Waals surface area (Å²) in [4.78, 5) is 21.3. The first-order valence-corrected chi connectivity index (χ1v) is 6.63. The summed E-state index contributed by atoms with van der Waals surface area (Å²) in [5.74, 6) is -0.289. The number of nitrogens with zero attached hydrogens (tertiary/aromatic N) is 4. The van der Waals surface area contributed by atoms with E-state index < -0.39 is 4.92 Å². The van der Waals surface area contributed by atoms with Crippen molar-refractivity contribution in [1.82, 2.24) is 20.3 Å². The van der Waals surface area contributed by atoms with Crippen LogP contribution in [0.5, 0.6) is 0 Å². The Balaban J connectivity index is 2.16. The molecule has 0 atom stereocenters. The van der Waals surface area contributed by atoms with Crippen molar-refractivity contribution >= 4 is 27.5 Å². The number of nitro benzene ring substituents is 1. The molecule has 0 radical (unpaired) electrons. The summed E-state index contributed by atoms with van der Waals surface area (Å²) in [5, 5.41) is 21.1. The average molecular weight is 355 g/mol. The molecule has 110 valence electrons. The van der Waals surface area contributed by atoms with E-state index in [1.54, 1.807) is 18.3 Å². The molecule has 2 rings (SSSR count). The molecular weight excluding hydrogens is 344 g/mol. The number of benzene rings is 1. The molecule has 3 N–H and O–H groups in total. The molecule has 0 aliphatic carbocycles. The molecule has 2 aromatic rings. The van der Waals surface area contributed by atoms with E-state index in [4.69, 9.17) is 5.73 Å². The number of nitrogens with two attached hydrogens (primary N) is 1. The molecule has 21 heavy (non-hydrogen) atoms. The first kappa shape index (κ1) is 15.1. The van der Waals surface area contributed by atoms with Crippen LogP contribution in [0.15, 0.2) is 28.9 Å². The van der Waals surface area contributed by atoms with Gasteiger partial charge in [0.1, 0.15) is 5.69 Å². The van der Waals surface area contributed by atoms with Crippen LogP contribution in [0.3, 0.4) is 0 Å². The predicted octanol–water partition coefficient (Wildman–Crippen LogP) is 0.513. The number of nitrogens with one attached hydrogen (secondary N) is 1. The molecule has 0 spiro atoms. The molecule has 1 aromatic carbocycles. The summed E-state index contributed by atoms with van der Waals surface area (Å²) in [5.41, 5.74) is 6.30. The fourth-order valence-electron chi connectivity index (χ4n) is 1.55. The fourth-order valence-corrected chi connectivity index (χ4v) is 2.06. The Morgan fingerprint density at radius 2 is 2.29 bits per heavy atom. The van der Waals surface area contributed by atoms with E-state index in [0.717, 1.165) is 0 Å². The molecular formula is C11H11BrN6O3. The predicted molar refractivity (Wildman–Crippen MR) is 76.6 cm³/mol. The van der Waals surface area contributed by atoms with Gasteiger partial charge >= 0.3 is 0 Å². The molecule has 0 aliphatic rings. The van der Waals surface area contributed by atoms with Gasteiger partial charge in [0.15, 0.2) is 0 Å². The highest BCUT2D eigenvalue weighted by atomic mass is 79.9. The number of nitro groups is 1. The molecule has 9 nitrogen and oxygen atoms in total. The Hall–Kier alpha value is -2.33. The minimum atomic E-state index is -0.483. The van der Waals surface area contributed by atoms with Crippen molar-refractivity contribution < 1.29 is 9.72 Å². The van der Waals surface area contributed by atoms with Gasteiger partial charge in [0.25, 0.3) is 5.69 Å². The summed E-state index contributed by atoms with van der Waals surface area (Å²) in [6, 6.07) is 4.49. The molecule has 0 bridgehead atoms. The summed E-state index contributed by atoms with van der Waals surface area (Å²) in [6.45, 7) is 0.119. The normalized spacial score (nSPS) is 10.4. The van der Waals surface area contributed by atoms with Crippen molar-refractivity contribution in [3.63, 3.8) is 0 Å². The zero-order valence-electron chi connectivity index (χ0n) is 10.7. The molecule has 1 aromatic heterocycles. The Kier molecular flexibility index (Phi) is 4.60. The highest BCUT2D eigenvalue weighted by Crippen LogP contribution is 2.26. The van der Waals surface area contributed by atoms with Gasteiger partial charge in [0, 0.05) is 6.07 Å². The third-order valence-corrected chi connectivity index (χ3v) is 3.22. The van der Waals surface area contributed by atoms with Gasteiger partial charge in [-0.1, -0.05) is 5.21 Å². The van der Waals surface area contributed by atoms with E-state index in [9.17, 15) is 14.9 Å². The van der Waals surface area contributed by atoms with Gasteiger partial charge in [0.2, 0.25) is 5.91 Å². The van der Waals surface area contributed by atoms with Crippen LogP contribution in [-0.4, -0.2) is 32.4 Å². The number of hydrogen-bond donors (Lipinski definition) is 2. The zero-order valence-corrected chi connectivity index (χ0v) is 12.3. The Morgan fingerprint density at radius 1 is 1.52 bits per heavy atom. The molecule has 1 heterocycles. The second kappa shape index (κ2) is 6.41. The molecule has 0 fully saturated rings. The Labute approximate surface area is 127 Å². The van der Waals surface area contributed by atoms with Gasteiger partial charge in [-0.25, -0.2) is 4.68 Å². The largest absolute Gasteiger partial charge is 0.349 e. The third-order valence-electron chi connectivity index (χ3n) is 2.59. The lowest BCUT2D eigenvalue weighted by molar-refractivity contribution is -0.385. The van der Waals surface area contributed by atoms with Crippen molar-refractivity contribution in [2.45, 2.75) is 6.54 Å². The molecule has 1 amide bonds. The van der Waals surface area contributed by atoms with Crippen LogP contribution < -0.4 is 11.1 Å². The van der Waals surface area contributed by atoms with Crippen LogP contribution in [0.25, 0.3) is 5.69 Å². The average Bonchev–Trinajstić information content (AvgIpc) is 2.93. The van der Waals surface area contributed by atoms with E-state index >= 15 is 0 Å². The van der Waals surface area contributed by atoms with E-state index in [-0.39, 0.29) is 24.7 Å². The molecule has 0 aliphatic heterocycles. The van der Waals surface area contributed by atoms with E-state index in [1.165, 1.54) is 10.7 Å². The second-order valence-electron chi connectivity index (χ2n) is 4.03. The van der Waals surface area contributed by atoms with Crippen molar-refractivity contribution in [3.8, 4) is 5.69 Å². The maximum absolute atomic E-state index is 11.0. The maximum atomic E-state index is 11.0. The topological polar surface area (TPSA) is 129 Å². The Bertz CT molecular complexity index is 686.